The van der Waals surface area contributed by atoms with Crippen LogP contribution in [0.4, 0.5) is 10.1 Å². The Bertz CT molecular complexity index is 534. The van der Waals surface area contributed by atoms with Crippen LogP contribution in [0.1, 0.15) is 5.56 Å². The number of nitro benzene ring substituents is 1. The molecule has 0 bridgehead atoms. The Labute approximate surface area is 90.5 Å². The standard InChI is InChI=1S/C11H8FNO3/c1-7-4-5-8(13(14)15)10(11(7)12)9-3-2-6-16-9/h2-6H,1H3. The molecule has 0 aliphatic carbocycles. The van der Waals surface area contributed by atoms with Gasteiger partial charge >= 0.3 is 0 Å². The minimum atomic E-state index is -0.625. The number of furan rings is 1. The third kappa shape index (κ3) is 1.56. The molecule has 2 aromatic rings. The Morgan fingerprint density at radius 3 is 2.69 bits per heavy atom. The van der Waals surface area contributed by atoms with Crippen molar-refractivity contribution >= 4 is 5.69 Å². The lowest BCUT2D eigenvalue weighted by Crippen LogP contribution is -1.96. The molecule has 1 aromatic carbocycles. The van der Waals surface area contributed by atoms with Gasteiger partial charge in [0.05, 0.1) is 11.2 Å². The third-order valence-electron chi connectivity index (χ3n) is 2.28. The minimum Gasteiger partial charge on any atom is -0.464 e. The van der Waals surface area contributed by atoms with E-state index in [-0.39, 0.29) is 17.0 Å². The summed E-state index contributed by atoms with van der Waals surface area (Å²) in [7, 11) is 0. The average Bonchev–Trinajstić information content (AvgIpc) is 2.74. The lowest BCUT2D eigenvalue weighted by molar-refractivity contribution is -0.384. The molecule has 0 radical (unpaired) electrons. The molecule has 16 heavy (non-hydrogen) atoms. The summed E-state index contributed by atoms with van der Waals surface area (Å²) in [5, 5.41) is 10.8. The highest BCUT2D eigenvalue weighted by Crippen LogP contribution is 2.34. The number of halogens is 1. The van der Waals surface area contributed by atoms with Gasteiger partial charge in [-0.2, -0.15) is 0 Å². The van der Waals surface area contributed by atoms with Gasteiger partial charge in [0.15, 0.2) is 0 Å². The molecule has 1 aromatic heterocycles. The average molecular weight is 221 g/mol. The lowest BCUT2D eigenvalue weighted by Gasteiger charge is -2.03. The van der Waals surface area contributed by atoms with Crippen molar-refractivity contribution in [2.24, 2.45) is 0 Å². The summed E-state index contributed by atoms with van der Waals surface area (Å²) >= 11 is 0. The van der Waals surface area contributed by atoms with Crippen LogP contribution in [0.2, 0.25) is 0 Å². The zero-order valence-electron chi connectivity index (χ0n) is 8.44. The number of hydrogen-bond acceptors (Lipinski definition) is 3. The molecule has 2 rings (SSSR count). The smallest absolute Gasteiger partial charge is 0.283 e. The largest absolute Gasteiger partial charge is 0.464 e. The summed E-state index contributed by atoms with van der Waals surface area (Å²) in [4.78, 5) is 10.2. The highest BCUT2D eigenvalue weighted by molar-refractivity contribution is 5.71. The van der Waals surface area contributed by atoms with Crippen molar-refractivity contribution in [3.8, 4) is 11.3 Å². The van der Waals surface area contributed by atoms with E-state index in [1.54, 1.807) is 13.0 Å². The van der Waals surface area contributed by atoms with Gasteiger partial charge < -0.3 is 4.42 Å². The molecule has 0 aliphatic heterocycles. The second-order valence-electron chi connectivity index (χ2n) is 3.32. The molecular formula is C11H8FNO3. The van der Waals surface area contributed by atoms with E-state index >= 15 is 0 Å². The van der Waals surface area contributed by atoms with Crippen molar-refractivity contribution in [1.82, 2.24) is 0 Å². The molecule has 82 valence electrons. The minimum absolute atomic E-state index is 0.102. The third-order valence-corrected chi connectivity index (χ3v) is 2.28. The van der Waals surface area contributed by atoms with Crippen LogP contribution in [0.3, 0.4) is 0 Å². The van der Waals surface area contributed by atoms with E-state index in [0.29, 0.717) is 5.56 Å². The van der Waals surface area contributed by atoms with Crippen LogP contribution < -0.4 is 0 Å². The molecule has 0 spiro atoms. The van der Waals surface area contributed by atoms with Gasteiger partial charge in [0.1, 0.15) is 17.1 Å². The first-order valence-corrected chi connectivity index (χ1v) is 4.58. The van der Waals surface area contributed by atoms with Gasteiger partial charge in [-0.05, 0) is 30.7 Å². The van der Waals surface area contributed by atoms with Gasteiger partial charge in [-0.1, -0.05) is 0 Å². The summed E-state index contributed by atoms with van der Waals surface area (Å²) in [6.07, 6.45) is 1.35. The van der Waals surface area contributed by atoms with E-state index < -0.39 is 10.7 Å². The van der Waals surface area contributed by atoms with Gasteiger partial charge in [-0.15, -0.1) is 0 Å². The van der Waals surface area contributed by atoms with Gasteiger partial charge in [-0.3, -0.25) is 10.1 Å². The number of benzene rings is 1. The van der Waals surface area contributed by atoms with Crippen molar-refractivity contribution in [3.63, 3.8) is 0 Å². The summed E-state index contributed by atoms with van der Waals surface area (Å²) < 4.78 is 18.8. The molecule has 0 N–H and O–H groups in total. The first-order chi connectivity index (χ1) is 7.61. The number of nitrogens with zero attached hydrogens (tertiary/aromatic N) is 1. The zero-order valence-corrected chi connectivity index (χ0v) is 8.44. The Hall–Kier alpha value is -2.17. The molecule has 5 heteroatoms. The summed E-state index contributed by atoms with van der Waals surface area (Å²) in [5.41, 5.74) is -0.0509. The number of hydrogen-bond donors (Lipinski definition) is 0. The fourth-order valence-electron chi connectivity index (χ4n) is 1.48. The fraction of sp³-hybridized carbons (Fsp3) is 0.0909. The molecular weight excluding hydrogens is 213 g/mol. The molecule has 0 amide bonds. The summed E-state index contributed by atoms with van der Waals surface area (Å²) in [6.45, 7) is 1.55. The maximum atomic E-state index is 13.8. The Morgan fingerprint density at radius 1 is 1.38 bits per heavy atom. The fourth-order valence-corrected chi connectivity index (χ4v) is 1.48. The topological polar surface area (TPSA) is 56.3 Å². The maximum absolute atomic E-state index is 13.8. The SMILES string of the molecule is Cc1ccc([N+](=O)[O-])c(-c2ccco2)c1F. The Kier molecular flexibility index (Phi) is 2.44. The van der Waals surface area contributed by atoms with Crippen molar-refractivity contribution in [2.45, 2.75) is 6.92 Å². The summed E-state index contributed by atoms with van der Waals surface area (Å²) in [5.74, 6) is -0.461. The van der Waals surface area contributed by atoms with Crippen LogP contribution in [0, 0.1) is 22.9 Å². The monoisotopic (exact) mass is 221 g/mol. The van der Waals surface area contributed by atoms with Crippen molar-refractivity contribution in [2.75, 3.05) is 0 Å². The van der Waals surface area contributed by atoms with Gasteiger partial charge in [0, 0.05) is 6.07 Å². The Balaban J connectivity index is 2.74. The van der Waals surface area contributed by atoms with E-state index in [1.807, 2.05) is 0 Å². The normalized spacial score (nSPS) is 10.4. The highest BCUT2D eigenvalue weighted by atomic mass is 19.1. The first-order valence-electron chi connectivity index (χ1n) is 4.58. The van der Waals surface area contributed by atoms with Crippen molar-refractivity contribution < 1.29 is 13.7 Å². The molecule has 1 heterocycles. The highest BCUT2D eigenvalue weighted by Gasteiger charge is 2.23. The van der Waals surface area contributed by atoms with Gasteiger partial charge in [-0.25, -0.2) is 4.39 Å². The molecule has 0 atom stereocenters. The van der Waals surface area contributed by atoms with E-state index in [1.165, 1.54) is 24.5 Å². The Morgan fingerprint density at radius 2 is 2.12 bits per heavy atom. The van der Waals surface area contributed by atoms with E-state index in [0.717, 1.165) is 0 Å². The predicted octanol–water partition coefficient (Wildman–Crippen LogP) is 3.30. The first kappa shape index (κ1) is 10.4. The second kappa shape index (κ2) is 3.77. The van der Waals surface area contributed by atoms with Crippen molar-refractivity contribution in [1.29, 1.82) is 0 Å². The quantitative estimate of drug-likeness (QED) is 0.577. The van der Waals surface area contributed by atoms with Crippen molar-refractivity contribution in [3.05, 3.63) is 52.0 Å². The second-order valence-corrected chi connectivity index (χ2v) is 3.32. The molecule has 0 aliphatic rings. The number of aryl methyl sites for hydroxylation is 1. The molecule has 0 unspecified atom stereocenters. The van der Waals surface area contributed by atoms with Crippen LogP contribution in [-0.4, -0.2) is 4.92 Å². The lowest BCUT2D eigenvalue weighted by atomic mass is 10.1. The van der Waals surface area contributed by atoms with Crippen LogP contribution in [-0.2, 0) is 0 Å². The molecule has 0 fully saturated rings. The summed E-state index contributed by atoms with van der Waals surface area (Å²) in [6, 6.07) is 5.70. The molecule has 4 nitrogen and oxygen atoms in total. The number of nitro groups is 1. The van der Waals surface area contributed by atoms with E-state index in [9.17, 15) is 14.5 Å². The van der Waals surface area contributed by atoms with Crippen LogP contribution in [0.25, 0.3) is 11.3 Å². The number of rotatable bonds is 2. The van der Waals surface area contributed by atoms with Crippen LogP contribution >= 0.6 is 0 Å². The van der Waals surface area contributed by atoms with Gasteiger partial charge in [0.25, 0.3) is 5.69 Å². The van der Waals surface area contributed by atoms with E-state index in [2.05, 4.69) is 0 Å². The van der Waals surface area contributed by atoms with Crippen LogP contribution in [0.5, 0.6) is 0 Å². The molecule has 0 saturated carbocycles. The van der Waals surface area contributed by atoms with Crippen LogP contribution in [0.15, 0.2) is 34.9 Å². The predicted molar refractivity (Wildman–Crippen MR) is 55.5 cm³/mol. The van der Waals surface area contributed by atoms with Gasteiger partial charge in [0.2, 0.25) is 0 Å². The van der Waals surface area contributed by atoms with E-state index in [4.69, 9.17) is 4.42 Å². The molecule has 0 saturated heterocycles. The zero-order chi connectivity index (χ0) is 11.7. The maximum Gasteiger partial charge on any atom is 0.283 e.